The maximum atomic E-state index is 12.8. The third kappa shape index (κ3) is 5.07. The van der Waals surface area contributed by atoms with E-state index < -0.39 is 10.0 Å². The first-order valence-electron chi connectivity index (χ1n) is 8.94. The van der Waals surface area contributed by atoms with Crippen LogP contribution in [0.25, 0.3) is 5.69 Å². The van der Waals surface area contributed by atoms with E-state index in [0.29, 0.717) is 16.8 Å². The first kappa shape index (κ1) is 21.1. The third-order valence-electron chi connectivity index (χ3n) is 4.49. The van der Waals surface area contributed by atoms with Gasteiger partial charge in [-0.1, -0.05) is 40.2 Å². The minimum absolute atomic E-state index is 0.206. The van der Waals surface area contributed by atoms with E-state index in [1.807, 2.05) is 48.7 Å². The van der Waals surface area contributed by atoms with Gasteiger partial charge in [0.05, 0.1) is 17.5 Å². The molecule has 3 rings (SSSR count). The largest absolute Gasteiger partial charge is 0.348 e. The third-order valence-corrected chi connectivity index (χ3v) is 5.58. The van der Waals surface area contributed by atoms with Crippen molar-refractivity contribution in [3.05, 3.63) is 81.6 Å². The number of benzene rings is 2. The van der Waals surface area contributed by atoms with Gasteiger partial charge in [-0.2, -0.15) is 0 Å². The molecule has 0 saturated heterocycles. The molecule has 0 bridgehead atoms. The average molecular weight is 476 g/mol. The van der Waals surface area contributed by atoms with E-state index in [4.69, 9.17) is 0 Å². The highest BCUT2D eigenvalue weighted by atomic mass is 79.9. The number of hydrogen-bond donors (Lipinski definition) is 2. The maximum absolute atomic E-state index is 12.8. The smallest absolute Gasteiger partial charge is 0.253 e. The van der Waals surface area contributed by atoms with Crippen LogP contribution < -0.4 is 10.0 Å². The number of anilines is 1. The molecule has 1 aromatic heterocycles. The summed E-state index contributed by atoms with van der Waals surface area (Å²) in [7, 11) is -3.40. The molecule has 0 unspecified atom stereocenters. The van der Waals surface area contributed by atoms with Crippen LogP contribution in [0.4, 0.5) is 5.69 Å². The van der Waals surface area contributed by atoms with Gasteiger partial charge in [-0.05, 0) is 49.7 Å². The lowest BCUT2D eigenvalue weighted by atomic mass is 10.1. The van der Waals surface area contributed by atoms with Crippen molar-refractivity contribution >= 4 is 37.5 Å². The average Bonchev–Trinajstić information content (AvgIpc) is 2.94. The summed E-state index contributed by atoms with van der Waals surface area (Å²) in [6.45, 7) is 4.07. The van der Waals surface area contributed by atoms with Crippen LogP contribution in [0.3, 0.4) is 0 Å². The van der Waals surface area contributed by atoms with Crippen LogP contribution in [-0.4, -0.2) is 25.1 Å². The van der Waals surface area contributed by atoms with Crippen molar-refractivity contribution in [3.63, 3.8) is 0 Å². The Hall–Kier alpha value is -2.58. The van der Waals surface area contributed by atoms with Crippen molar-refractivity contribution < 1.29 is 13.2 Å². The Morgan fingerprint density at radius 1 is 1.07 bits per heavy atom. The zero-order chi connectivity index (χ0) is 21.2. The Morgan fingerprint density at radius 3 is 2.48 bits per heavy atom. The molecular formula is C21H22BrN3O3S. The molecule has 0 saturated carbocycles. The monoisotopic (exact) mass is 475 g/mol. The SMILES string of the molecule is Cc1cc(C(=O)NCc2ccccc2NS(C)(=O)=O)c(C)n1-c1cccc(Br)c1. The summed E-state index contributed by atoms with van der Waals surface area (Å²) in [6.07, 6.45) is 1.10. The molecule has 8 heteroatoms. The van der Waals surface area contributed by atoms with Crippen molar-refractivity contribution in [2.75, 3.05) is 11.0 Å². The Balaban J connectivity index is 1.82. The number of rotatable bonds is 6. The normalized spacial score (nSPS) is 11.3. The van der Waals surface area contributed by atoms with Crippen molar-refractivity contribution in [2.24, 2.45) is 0 Å². The summed E-state index contributed by atoms with van der Waals surface area (Å²) in [5.74, 6) is -0.214. The number of carbonyl (C=O) groups is 1. The molecular weight excluding hydrogens is 454 g/mol. The highest BCUT2D eigenvalue weighted by Gasteiger charge is 2.17. The molecule has 6 nitrogen and oxygen atoms in total. The zero-order valence-electron chi connectivity index (χ0n) is 16.4. The van der Waals surface area contributed by atoms with Crippen LogP contribution >= 0.6 is 15.9 Å². The van der Waals surface area contributed by atoms with Crippen molar-refractivity contribution in [2.45, 2.75) is 20.4 Å². The molecule has 0 spiro atoms. The van der Waals surface area contributed by atoms with E-state index in [0.717, 1.165) is 27.8 Å². The molecule has 0 aliphatic carbocycles. The number of nitrogens with one attached hydrogen (secondary N) is 2. The Kier molecular flexibility index (Phi) is 6.14. The Labute approximate surface area is 179 Å². The van der Waals surface area contributed by atoms with Gasteiger partial charge in [0, 0.05) is 28.1 Å². The van der Waals surface area contributed by atoms with E-state index >= 15 is 0 Å². The highest BCUT2D eigenvalue weighted by molar-refractivity contribution is 9.10. The fraction of sp³-hybridized carbons (Fsp3) is 0.190. The minimum atomic E-state index is -3.40. The molecule has 29 heavy (non-hydrogen) atoms. The summed E-state index contributed by atoms with van der Waals surface area (Å²) in [5.41, 5.74) is 4.47. The minimum Gasteiger partial charge on any atom is -0.348 e. The molecule has 152 valence electrons. The molecule has 0 atom stereocenters. The summed E-state index contributed by atoms with van der Waals surface area (Å²) in [4.78, 5) is 12.8. The van der Waals surface area contributed by atoms with Gasteiger partial charge < -0.3 is 9.88 Å². The van der Waals surface area contributed by atoms with Crippen LogP contribution in [0.1, 0.15) is 27.3 Å². The topological polar surface area (TPSA) is 80.2 Å². The van der Waals surface area contributed by atoms with Gasteiger partial charge in [-0.25, -0.2) is 8.42 Å². The van der Waals surface area contributed by atoms with E-state index in [2.05, 4.69) is 26.0 Å². The number of nitrogens with zero attached hydrogens (tertiary/aromatic N) is 1. The summed E-state index contributed by atoms with van der Waals surface area (Å²) in [6, 6.07) is 16.7. The van der Waals surface area contributed by atoms with Crippen LogP contribution in [0.2, 0.25) is 0 Å². The van der Waals surface area contributed by atoms with E-state index in [1.54, 1.807) is 24.3 Å². The number of para-hydroxylation sites is 1. The van der Waals surface area contributed by atoms with Crippen molar-refractivity contribution in [3.8, 4) is 5.69 Å². The van der Waals surface area contributed by atoms with E-state index in [9.17, 15) is 13.2 Å². The van der Waals surface area contributed by atoms with E-state index in [1.165, 1.54) is 0 Å². The standard InChI is InChI=1S/C21H22BrN3O3S/c1-14-11-19(15(2)25(14)18-9-6-8-17(22)12-18)21(26)23-13-16-7-4-5-10-20(16)24-29(3,27)28/h4-12,24H,13H2,1-3H3,(H,23,26). The van der Waals surface area contributed by atoms with Crippen molar-refractivity contribution in [1.29, 1.82) is 0 Å². The lowest BCUT2D eigenvalue weighted by molar-refractivity contribution is 0.0950. The molecule has 0 fully saturated rings. The molecule has 2 N–H and O–H groups in total. The molecule has 1 amide bonds. The Morgan fingerprint density at radius 2 is 1.79 bits per heavy atom. The fourth-order valence-electron chi connectivity index (χ4n) is 3.25. The van der Waals surface area contributed by atoms with Gasteiger partial charge >= 0.3 is 0 Å². The van der Waals surface area contributed by atoms with Crippen LogP contribution in [0, 0.1) is 13.8 Å². The second-order valence-electron chi connectivity index (χ2n) is 6.81. The lowest BCUT2D eigenvalue weighted by Crippen LogP contribution is -2.24. The van der Waals surface area contributed by atoms with Gasteiger partial charge in [0.2, 0.25) is 10.0 Å². The summed E-state index contributed by atoms with van der Waals surface area (Å²) in [5, 5.41) is 2.89. The number of amides is 1. The molecule has 0 aliphatic heterocycles. The highest BCUT2D eigenvalue weighted by Crippen LogP contribution is 2.23. The second-order valence-corrected chi connectivity index (χ2v) is 9.48. The van der Waals surface area contributed by atoms with Crippen LogP contribution in [0.15, 0.2) is 59.1 Å². The van der Waals surface area contributed by atoms with Gasteiger partial charge in [0.25, 0.3) is 5.91 Å². The van der Waals surface area contributed by atoms with Gasteiger partial charge in [0.15, 0.2) is 0 Å². The second kappa shape index (κ2) is 8.42. The number of aryl methyl sites for hydroxylation is 1. The van der Waals surface area contributed by atoms with Crippen LogP contribution in [0.5, 0.6) is 0 Å². The van der Waals surface area contributed by atoms with Crippen molar-refractivity contribution in [1.82, 2.24) is 9.88 Å². The molecule has 0 radical (unpaired) electrons. The van der Waals surface area contributed by atoms with E-state index in [-0.39, 0.29) is 12.5 Å². The molecule has 0 aliphatic rings. The molecule has 3 aromatic rings. The fourth-order valence-corrected chi connectivity index (χ4v) is 4.24. The Bertz CT molecular complexity index is 1170. The van der Waals surface area contributed by atoms with Crippen LogP contribution in [-0.2, 0) is 16.6 Å². The number of sulfonamides is 1. The maximum Gasteiger partial charge on any atom is 0.253 e. The van der Waals surface area contributed by atoms with Gasteiger partial charge in [-0.15, -0.1) is 0 Å². The lowest BCUT2D eigenvalue weighted by Gasteiger charge is -2.12. The number of carbonyl (C=O) groups excluding carboxylic acids is 1. The zero-order valence-corrected chi connectivity index (χ0v) is 18.8. The number of aromatic nitrogens is 1. The summed E-state index contributed by atoms with van der Waals surface area (Å²) < 4.78 is 28.6. The first-order chi connectivity index (χ1) is 13.7. The van der Waals surface area contributed by atoms with Gasteiger partial charge in [0.1, 0.15) is 0 Å². The predicted molar refractivity (Wildman–Crippen MR) is 119 cm³/mol. The molecule has 1 heterocycles. The predicted octanol–water partition coefficient (Wildman–Crippen LogP) is 4.16. The first-order valence-corrected chi connectivity index (χ1v) is 11.6. The van der Waals surface area contributed by atoms with Gasteiger partial charge in [-0.3, -0.25) is 9.52 Å². The number of halogens is 1. The number of hydrogen-bond acceptors (Lipinski definition) is 3. The molecule has 2 aromatic carbocycles. The quantitative estimate of drug-likeness (QED) is 0.561. The summed E-state index contributed by atoms with van der Waals surface area (Å²) >= 11 is 3.48.